The van der Waals surface area contributed by atoms with E-state index in [1.807, 2.05) is 12.1 Å². The second-order valence-electron chi connectivity index (χ2n) is 4.57. The average Bonchev–Trinajstić information content (AvgIpc) is 2.49. The molecule has 0 radical (unpaired) electrons. The Kier molecular flexibility index (Phi) is 8.02. The lowest BCUT2D eigenvalue weighted by Crippen LogP contribution is -2.24. The van der Waals surface area contributed by atoms with Gasteiger partial charge in [0.15, 0.2) is 0 Å². The van der Waals surface area contributed by atoms with Gasteiger partial charge in [-0.2, -0.15) is 0 Å². The van der Waals surface area contributed by atoms with Crippen molar-refractivity contribution in [2.24, 2.45) is 5.73 Å². The van der Waals surface area contributed by atoms with Crippen LogP contribution in [-0.2, 0) is 11.3 Å². The van der Waals surface area contributed by atoms with Crippen LogP contribution in [0.1, 0.15) is 25.3 Å². The second-order valence-corrected chi connectivity index (χ2v) is 4.57. The molecule has 3 N–H and O–H groups in total. The van der Waals surface area contributed by atoms with Crippen LogP contribution in [0.25, 0.3) is 0 Å². The van der Waals surface area contributed by atoms with E-state index in [2.05, 4.69) is 6.92 Å². The lowest BCUT2D eigenvalue weighted by molar-refractivity contribution is 0.0111. The number of nitrogens with two attached hydrogens (primary N) is 1. The largest absolute Gasteiger partial charge is 0.497 e. The Morgan fingerprint density at radius 3 is 2.75 bits per heavy atom. The Hall–Kier alpha value is -1.30. The Morgan fingerprint density at radius 1 is 1.30 bits per heavy atom. The third kappa shape index (κ3) is 5.77. The number of methoxy groups -OCH3 is 1. The zero-order valence-corrected chi connectivity index (χ0v) is 12.3. The maximum Gasteiger partial charge on any atom is 0.127 e. The molecule has 0 aromatic heterocycles. The number of ether oxygens (including phenoxy) is 3. The monoisotopic (exact) mass is 283 g/mol. The quantitative estimate of drug-likeness (QED) is 0.639. The summed E-state index contributed by atoms with van der Waals surface area (Å²) >= 11 is 0. The summed E-state index contributed by atoms with van der Waals surface area (Å²) in [4.78, 5) is 0. The fourth-order valence-corrected chi connectivity index (χ4v) is 1.66. The molecule has 0 amide bonds. The van der Waals surface area contributed by atoms with Crippen LogP contribution >= 0.6 is 0 Å². The number of rotatable bonds is 10. The molecule has 0 aliphatic heterocycles. The van der Waals surface area contributed by atoms with E-state index in [1.165, 1.54) is 0 Å². The van der Waals surface area contributed by atoms with Gasteiger partial charge in [-0.25, -0.2) is 0 Å². The molecular weight excluding hydrogens is 258 g/mol. The molecule has 0 saturated carbocycles. The van der Waals surface area contributed by atoms with E-state index in [0.717, 1.165) is 18.4 Å². The van der Waals surface area contributed by atoms with Crippen LogP contribution in [0, 0.1) is 0 Å². The smallest absolute Gasteiger partial charge is 0.127 e. The van der Waals surface area contributed by atoms with Crippen LogP contribution < -0.4 is 15.2 Å². The Balaban J connectivity index is 2.43. The minimum absolute atomic E-state index is 0.173. The zero-order valence-electron chi connectivity index (χ0n) is 12.3. The number of aliphatic hydroxyl groups is 1. The minimum atomic E-state index is -0.649. The van der Waals surface area contributed by atoms with E-state index in [0.29, 0.717) is 24.7 Å². The molecule has 1 aromatic rings. The van der Waals surface area contributed by atoms with Crippen molar-refractivity contribution in [1.29, 1.82) is 0 Å². The van der Waals surface area contributed by atoms with Crippen molar-refractivity contribution >= 4 is 0 Å². The van der Waals surface area contributed by atoms with Crippen molar-refractivity contribution in [2.75, 3.05) is 26.9 Å². The molecule has 0 spiro atoms. The highest BCUT2D eigenvalue weighted by Crippen LogP contribution is 2.24. The van der Waals surface area contributed by atoms with Crippen molar-refractivity contribution in [3.63, 3.8) is 0 Å². The predicted molar refractivity (Wildman–Crippen MR) is 78.1 cm³/mol. The minimum Gasteiger partial charge on any atom is -0.497 e. The molecule has 0 fully saturated rings. The molecule has 1 unspecified atom stereocenters. The normalized spacial score (nSPS) is 12.2. The number of benzene rings is 1. The molecular formula is C15H25NO4. The SMILES string of the molecule is CCCCOCC(O)COc1cc(OC)ccc1CN. The van der Waals surface area contributed by atoms with Crippen molar-refractivity contribution in [1.82, 2.24) is 0 Å². The fourth-order valence-electron chi connectivity index (χ4n) is 1.66. The highest BCUT2D eigenvalue weighted by atomic mass is 16.5. The molecule has 5 heteroatoms. The summed E-state index contributed by atoms with van der Waals surface area (Å²) in [6.07, 6.45) is 1.43. The van der Waals surface area contributed by atoms with Gasteiger partial charge in [0.2, 0.25) is 0 Å². The summed E-state index contributed by atoms with van der Waals surface area (Å²) in [6.45, 7) is 3.59. The molecule has 1 aromatic carbocycles. The summed E-state index contributed by atoms with van der Waals surface area (Å²) in [5.74, 6) is 1.34. The second kappa shape index (κ2) is 9.58. The molecule has 0 heterocycles. The summed E-state index contributed by atoms with van der Waals surface area (Å²) in [5, 5.41) is 9.79. The van der Waals surface area contributed by atoms with Gasteiger partial charge in [-0.05, 0) is 12.5 Å². The fraction of sp³-hybridized carbons (Fsp3) is 0.600. The number of hydrogen-bond acceptors (Lipinski definition) is 5. The number of aliphatic hydroxyl groups excluding tert-OH is 1. The molecule has 0 saturated heterocycles. The molecule has 0 bridgehead atoms. The molecule has 114 valence electrons. The summed E-state index contributed by atoms with van der Waals surface area (Å²) < 4.78 is 16.1. The van der Waals surface area contributed by atoms with Gasteiger partial charge < -0.3 is 25.1 Å². The maximum atomic E-state index is 9.79. The molecule has 0 aliphatic rings. The van der Waals surface area contributed by atoms with E-state index in [4.69, 9.17) is 19.9 Å². The van der Waals surface area contributed by atoms with Gasteiger partial charge >= 0.3 is 0 Å². The van der Waals surface area contributed by atoms with Crippen LogP contribution in [0.4, 0.5) is 0 Å². The van der Waals surface area contributed by atoms with Gasteiger partial charge in [0.25, 0.3) is 0 Å². The van der Waals surface area contributed by atoms with Gasteiger partial charge in [-0.1, -0.05) is 19.4 Å². The Bertz CT molecular complexity index is 384. The molecule has 1 rings (SSSR count). The van der Waals surface area contributed by atoms with Crippen LogP contribution in [0.3, 0.4) is 0 Å². The molecule has 5 nitrogen and oxygen atoms in total. The molecule has 0 aliphatic carbocycles. The average molecular weight is 283 g/mol. The third-order valence-electron chi connectivity index (χ3n) is 2.88. The predicted octanol–water partition coefficient (Wildman–Crippen LogP) is 1.71. The van der Waals surface area contributed by atoms with Gasteiger partial charge in [-0.15, -0.1) is 0 Å². The van der Waals surface area contributed by atoms with Crippen LogP contribution in [-0.4, -0.2) is 38.1 Å². The van der Waals surface area contributed by atoms with Crippen molar-refractivity contribution in [3.8, 4) is 11.5 Å². The highest BCUT2D eigenvalue weighted by Gasteiger charge is 2.09. The van der Waals surface area contributed by atoms with Crippen LogP contribution in [0.5, 0.6) is 11.5 Å². The lowest BCUT2D eigenvalue weighted by Gasteiger charge is -2.15. The molecule has 1 atom stereocenters. The Labute approximate surface area is 120 Å². The van der Waals surface area contributed by atoms with Crippen molar-refractivity contribution in [2.45, 2.75) is 32.4 Å². The first-order chi connectivity index (χ1) is 9.71. The first kappa shape index (κ1) is 16.8. The van der Waals surface area contributed by atoms with Crippen molar-refractivity contribution in [3.05, 3.63) is 23.8 Å². The van der Waals surface area contributed by atoms with Gasteiger partial charge in [0, 0.05) is 24.8 Å². The molecule has 20 heavy (non-hydrogen) atoms. The van der Waals surface area contributed by atoms with E-state index in [1.54, 1.807) is 13.2 Å². The summed E-state index contributed by atoms with van der Waals surface area (Å²) in [5.41, 5.74) is 6.53. The lowest BCUT2D eigenvalue weighted by atomic mass is 10.2. The maximum absolute atomic E-state index is 9.79. The van der Waals surface area contributed by atoms with E-state index >= 15 is 0 Å². The topological polar surface area (TPSA) is 73.9 Å². The third-order valence-corrected chi connectivity index (χ3v) is 2.88. The first-order valence-electron chi connectivity index (χ1n) is 6.96. The first-order valence-corrected chi connectivity index (χ1v) is 6.96. The van der Waals surface area contributed by atoms with Crippen LogP contribution in [0.2, 0.25) is 0 Å². The van der Waals surface area contributed by atoms with Crippen molar-refractivity contribution < 1.29 is 19.3 Å². The van der Waals surface area contributed by atoms with Crippen LogP contribution in [0.15, 0.2) is 18.2 Å². The van der Waals surface area contributed by atoms with Gasteiger partial charge in [0.05, 0.1) is 13.7 Å². The van der Waals surface area contributed by atoms with Gasteiger partial charge in [0.1, 0.15) is 24.2 Å². The summed E-state index contributed by atoms with van der Waals surface area (Å²) in [7, 11) is 1.59. The van der Waals surface area contributed by atoms with E-state index in [-0.39, 0.29) is 13.2 Å². The highest BCUT2D eigenvalue weighted by molar-refractivity contribution is 5.40. The van der Waals surface area contributed by atoms with Gasteiger partial charge in [-0.3, -0.25) is 0 Å². The Morgan fingerprint density at radius 2 is 2.10 bits per heavy atom. The summed E-state index contributed by atoms with van der Waals surface area (Å²) in [6, 6.07) is 5.46. The number of hydrogen-bond donors (Lipinski definition) is 2. The standard InChI is InChI=1S/C15H25NO4/c1-3-4-7-19-10-13(17)11-20-15-8-14(18-2)6-5-12(15)9-16/h5-6,8,13,17H,3-4,7,9-11,16H2,1-2H3. The zero-order chi connectivity index (χ0) is 14.8. The van der Waals surface area contributed by atoms with E-state index < -0.39 is 6.10 Å². The number of unbranched alkanes of at least 4 members (excludes halogenated alkanes) is 1. The van der Waals surface area contributed by atoms with E-state index in [9.17, 15) is 5.11 Å².